The lowest BCUT2D eigenvalue weighted by molar-refractivity contribution is -0.112. The van der Waals surface area contributed by atoms with Crippen LogP contribution in [-0.4, -0.2) is 50.4 Å². The van der Waals surface area contributed by atoms with Gasteiger partial charge in [0.25, 0.3) is 0 Å². The molecule has 8 nitrogen and oxygen atoms in total. The molecule has 2 aromatic rings. The number of ether oxygens (including phenoxy) is 1. The number of benzene rings is 2. The van der Waals surface area contributed by atoms with E-state index in [1.165, 1.54) is 14.2 Å². The first-order valence-electron chi connectivity index (χ1n) is 10.0. The highest BCUT2D eigenvalue weighted by Gasteiger charge is 2.29. The van der Waals surface area contributed by atoms with Crippen molar-refractivity contribution in [1.29, 1.82) is 0 Å². The van der Waals surface area contributed by atoms with Crippen LogP contribution in [0, 0.1) is 0 Å². The van der Waals surface area contributed by atoms with Crippen LogP contribution in [0.4, 0.5) is 4.79 Å². The molecule has 1 unspecified atom stereocenters. The van der Waals surface area contributed by atoms with Gasteiger partial charge in [-0.25, -0.2) is 9.36 Å². The molecule has 0 radical (unpaired) electrons. The fourth-order valence-corrected chi connectivity index (χ4v) is 4.95. The summed E-state index contributed by atoms with van der Waals surface area (Å²) in [5.74, 6) is 0.176. The Morgan fingerprint density at radius 1 is 1.03 bits per heavy atom. The van der Waals surface area contributed by atoms with Crippen molar-refractivity contribution >= 4 is 30.8 Å². The lowest BCUT2D eigenvalue weighted by atomic mass is 9.98. The van der Waals surface area contributed by atoms with Gasteiger partial charge in [0, 0.05) is 25.9 Å². The third kappa shape index (κ3) is 5.79. The normalized spacial score (nSPS) is 13.8. The van der Waals surface area contributed by atoms with Crippen LogP contribution < -0.4 is 5.32 Å². The van der Waals surface area contributed by atoms with E-state index in [1.807, 2.05) is 36.4 Å². The Bertz CT molecular complexity index is 962. The number of fused-ring (bicyclic) bond motifs is 3. The Labute approximate surface area is 191 Å². The number of hydrogen-bond donors (Lipinski definition) is 1. The first-order chi connectivity index (χ1) is 15.4. The van der Waals surface area contributed by atoms with Gasteiger partial charge >= 0.3 is 13.9 Å². The average molecular weight is 479 g/mol. The van der Waals surface area contributed by atoms with Crippen LogP contribution >= 0.6 is 19.6 Å². The average Bonchev–Trinajstić information content (AvgIpc) is 3.14. The van der Waals surface area contributed by atoms with Gasteiger partial charge in [-0.1, -0.05) is 60.3 Å². The highest BCUT2D eigenvalue weighted by atomic mass is 32.2. The van der Waals surface area contributed by atoms with Crippen molar-refractivity contribution in [2.45, 2.75) is 18.9 Å². The predicted octanol–water partition coefficient (Wildman–Crippen LogP) is 4.59. The molecule has 0 saturated heterocycles. The van der Waals surface area contributed by atoms with E-state index >= 15 is 0 Å². The molecule has 0 saturated carbocycles. The molecule has 32 heavy (non-hydrogen) atoms. The van der Waals surface area contributed by atoms with Crippen LogP contribution in [0.3, 0.4) is 0 Å². The van der Waals surface area contributed by atoms with Crippen molar-refractivity contribution in [3.63, 3.8) is 0 Å². The summed E-state index contributed by atoms with van der Waals surface area (Å²) in [5.41, 5.74) is 4.52. The van der Waals surface area contributed by atoms with Gasteiger partial charge in [0.05, 0.1) is 12.6 Å². The molecule has 1 amide bonds. The van der Waals surface area contributed by atoms with Crippen LogP contribution in [0.1, 0.15) is 24.0 Å². The van der Waals surface area contributed by atoms with E-state index in [0.717, 1.165) is 34.0 Å². The Morgan fingerprint density at radius 2 is 1.59 bits per heavy atom. The third-order valence-corrected chi connectivity index (χ3v) is 7.46. The molecule has 172 valence electrons. The van der Waals surface area contributed by atoms with Crippen LogP contribution in [0.25, 0.3) is 11.1 Å². The van der Waals surface area contributed by atoms with Gasteiger partial charge < -0.3 is 10.1 Å². The quantitative estimate of drug-likeness (QED) is 0.390. The minimum absolute atomic E-state index is 0.00692. The van der Waals surface area contributed by atoms with Crippen molar-refractivity contribution in [2.75, 3.05) is 33.2 Å². The van der Waals surface area contributed by atoms with Crippen LogP contribution in [0.5, 0.6) is 0 Å². The number of phosphoric ester groups is 1. The molecule has 1 N–H and O–H groups in total. The number of carbonyl (C=O) groups excluding carboxylic acids is 2. The van der Waals surface area contributed by atoms with Gasteiger partial charge in [-0.15, -0.1) is 0 Å². The maximum Gasteiger partial charge on any atom is 0.474 e. The highest BCUT2D eigenvalue weighted by Crippen LogP contribution is 2.47. The molecule has 1 atom stereocenters. The topological polar surface area (TPSA) is 100 Å². The largest absolute Gasteiger partial charge is 0.474 e. The van der Waals surface area contributed by atoms with E-state index < -0.39 is 20.0 Å². The first kappa shape index (κ1) is 24.5. The van der Waals surface area contributed by atoms with Crippen LogP contribution in [0.15, 0.2) is 48.5 Å². The first-order valence-corrected chi connectivity index (χ1v) is 12.5. The minimum atomic E-state index is -3.57. The van der Waals surface area contributed by atoms with Gasteiger partial charge in [0.1, 0.15) is 6.61 Å². The zero-order valence-electron chi connectivity index (χ0n) is 18.1. The van der Waals surface area contributed by atoms with E-state index in [9.17, 15) is 14.2 Å². The number of rotatable bonds is 10. The maximum atomic E-state index is 12.3. The Morgan fingerprint density at radius 3 is 2.16 bits per heavy atom. The minimum Gasteiger partial charge on any atom is -0.449 e. The molecular formula is C22H26NO7PS. The Hall–Kier alpha value is -2.16. The highest BCUT2D eigenvalue weighted by molar-refractivity contribution is 8.13. The monoisotopic (exact) mass is 479 g/mol. The maximum absolute atomic E-state index is 12.3. The molecule has 2 aromatic carbocycles. The van der Waals surface area contributed by atoms with Crippen molar-refractivity contribution in [1.82, 2.24) is 5.32 Å². The van der Waals surface area contributed by atoms with Crippen molar-refractivity contribution < 1.29 is 32.5 Å². The van der Waals surface area contributed by atoms with E-state index in [1.54, 1.807) is 6.92 Å². The number of carbonyl (C=O) groups is 2. The number of amides is 1. The summed E-state index contributed by atoms with van der Waals surface area (Å²) in [4.78, 5) is 24.5. The molecule has 0 bridgehead atoms. The van der Waals surface area contributed by atoms with Gasteiger partial charge in [-0.3, -0.25) is 18.4 Å². The van der Waals surface area contributed by atoms with E-state index in [0.29, 0.717) is 0 Å². The third-order valence-electron chi connectivity index (χ3n) is 5.06. The van der Waals surface area contributed by atoms with Crippen LogP contribution in [0.2, 0.25) is 0 Å². The number of thioether (sulfide) groups is 1. The summed E-state index contributed by atoms with van der Waals surface area (Å²) in [7, 11) is -1.15. The summed E-state index contributed by atoms with van der Waals surface area (Å²) in [6, 6.07) is 15.4. The molecule has 0 aromatic heterocycles. The van der Waals surface area contributed by atoms with E-state index in [-0.39, 0.29) is 30.0 Å². The zero-order valence-corrected chi connectivity index (χ0v) is 19.8. The lowest BCUT2D eigenvalue weighted by Crippen LogP contribution is -2.38. The van der Waals surface area contributed by atoms with E-state index in [4.69, 9.17) is 9.26 Å². The fraction of sp³-hybridized carbons (Fsp3) is 0.364. The number of alkyl carbamates (subject to hydrolysis) is 1. The Balaban J connectivity index is 1.47. The zero-order chi connectivity index (χ0) is 23.1. The summed E-state index contributed by atoms with van der Waals surface area (Å²) in [6.45, 7) is 1.74. The molecule has 0 fully saturated rings. The predicted molar refractivity (Wildman–Crippen MR) is 123 cm³/mol. The number of phosphoric acid groups is 1. The molecule has 10 heteroatoms. The molecular weight excluding hydrogens is 453 g/mol. The molecule has 1 aliphatic carbocycles. The molecule has 1 aliphatic rings. The van der Waals surface area contributed by atoms with Crippen molar-refractivity contribution in [3.8, 4) is 11.1 Å². The second kappa shape index (κ2) is 11.1. The van der Waals surface area contributed by atoms with E-state index in [2.05, 4.69) is 26.5 Å². The van der Waals surface area contributed by atoms with Crippen molar-refractivity contribution in [2.24, 2.45) is 0 Å². The SMILES string of the molecule is COP(=O)(OC)OCCSC(=O)C(C)NC(=O)OCC1c2ccccc2-c2ccccc21. The second-order valence-electron chi connectivity index (χ2n) is 7.00. The van der Waals surface area contributed by atoms with Gasteiger partial charge in [0.15, 0.2) is 0 Å². The standard InChI is InChI=1S/C22H26NO7PS/c1-15(21(24)32-13-12-30-31(26,27-2)28-3)23-22(25)29-14-20-18-10-6-4-8-16(18)17-9-5-7-11-19(17)20/h4-11,15,20H,12-14H2,1-3H3,(H,23,25). The molecule has 3 rings (SSSR count). The molecule has 0 aliphatic heterocycles. The van der Waals surface area contributed by atoms with Gasteiger partial charge in [-0.2, -0.15) is 0 Å². The Kier molecular flexibility index (Phi) is 8.51. The summed E-state index contributed by atoms with van der Waals surface area (Å²) < 4.78 is 31.5. The summed E-state index contributed by atoms with van der Waals surface area (Å²) in [5, 5.41) is 2.28. The fourth-order valence-electron chi connectivity index (χ4n) is 3.47. The van der Waals surface area contributed by atoms with Crippen LogP contribution in [-0.2, 0) is 27.7 Å². The smallest absolute Gasteiger partial charge is 0.449 e. The summed E-state index contributed by atoms with van der Waals surface area (Å²) >= 11 is 0.947. The molecule has 0 spiro atoms. The second-order valence-corrected chi connectivity index (χ2v) is 9.99. The van der Waals surface area contributed by atoms with Crippen molar-refractivity contribution in [3.05, 3.63) is 59.7 Å². The number of nitrogens with one attached hydrogen (secondary N) is 1. The molecule has 0 heterocycles. The lowest BCUT2D eigenvalue weighted by Gasteiger charge is -2.17. The van der Waals surface area contributed by atoms with Gasteiger partial charge in [-0.05, 0) is 29.2 Å². The summed E-state index contributed by atoms with van der Waals surface area (Å²) in [6.07, 6.45) is -0.659. The van der Waals surface area contributed by atoms with Gasteiger partial charge in [0.2, 0.25) is 5.12 Å². The number of hydrogen-bond acceptors (Lipinski definition) is 8.